The monoisotopic (exact) mass is 522 g/mol. The maximum Gasteiger partial charge on any atom is 0.255 e. The number of nitrogens with zero attached hydrogens (tertiary/aromatic N) is 1. The molecule has 0 saturated heterocycles. The molecule has 4 N–H and O–H groups in total. The van der Waals surface area contributed by atoms with Crippen LogP contribution in [-0.4, -0.2) is 31.6 Å². The molecule has 1 fully saturated rings. The molecule has 7 heteroatoms. The lowest BCUT2D eigenvalue weighted by Gasteiger charge is -2.43. The van der Waals surface area contributed by atoms with Crippen LogP contribution in [-0.2, 0) is 16.8 Å². The van der Waals surface area contributed by atoms with Gasteiger partial charge in [0.05, 0.1) is 6.54 Å². The molecule has 6 nitrogen and oxygen atoms in total. The van der Waals surface area contributed by atoms with Crippen molar-refractivity contribution in [2.24, 2.45) is 10.7 Å². The molecule has 2 aromatic carbocycles. The molecular weight excluding hydrogens is 491 g/mol. The van der Waals surface area contributed by atoms with Gasteiger partial charge in [-0.3, -0.25) is 4.79 Å². The molecule has 162 valence electrons. The standard InChI is InChI=1S/C23H30N4O2.HI/c1-2-25-22(26-15-18-8-6-11-20(14-18)29-16-21(24)28)27-17-23(12-7-13-23)19-9-4-3-5-10-19;/h3-6,8-11,14H,2,7,12-13,15-17H2,1H3,(H2,24,28)(H2,25,26,27);1H. The first-order valence-electron chi connectivity index (χ1n) is 10.2. The van der Waals surface area contributed by atoms with Crippen LogP contribution in [0.5, 0.6) is 5.75 Å². The molecule has 0 heterocycles. The number of carbonyl (C=O) groups excluding carboxylic acids is 1. The van der Waals surface area contributed by atoms with Crippen LogP contribution in [0.2, 0.25) is 0 Å². The van der Waals surface area contributed by atoms with E-state index in [1.807, 2.05) is 18.2 Å². The van der Waals surface area contributed by atoms with Gasteiger partial charge in [-0.2, -0.15) is 0 Å². The highest BCUT2D eigenvalue weighted by Gasteiger charge is 2.38. The summed E-state index contributed by atoms with van der Waals surface area (Å²) in [5, 5.41) is 6.86. The first-order valence-corrected chi connectivity index (χ1v) is 10.2. The minimum Gasteiger partial charge on any atom is -0.484 e. The molecule has 0 aromatic heterocycles. The number of benzene rings is 2. The fourth-order valence-corrected chi connectivity index (χ4v) is 3.62. The van der Waals surface area contributed by atoms with E-state index in [0.29, 0.717) is 12.3 Å². The van der Waals surface area contributed by atoms with Crippen molar-refractivity contribution < 1.29 is 9.53 Å². The maximum absolute atomic E-state index is 10.9. The molecular formula is C23H31IN4O2. The van der Waals surface area contributed by atoms with Crippen LogP contribution in [0, 0.1) is 0 Å². The zero-order chi connectivity index (χ0) is 20.5. The molecule has 1 aliphatic carbocycles. The number of hydrogen-bond donors (Lipinski definition) is 3. The van der Waals surface area contributed by atoms with Gasteiger partial charge in [-0.05, 0) is 43.0 Å². The van der Waals surface area contributed by atoms with E-state index < -0.39 is 5.91 Å². The average Bonchev–Trinajstić information content (AvgIpc) is 2.70. The van der Waals surface area contributed by atoms with Crippen molar-refractivity contribution in [3.05, 3.63) is 65.7 Å². The quantitative estimate of drug-likeness (QED) is 0.268. The third-order valence-corrected chi connectivity index (χ3v) is 5.33. The van der Waals surface area contributed by atoms with Gasteiger partial charge in [0.2, 0.25) is 0 Å². The van der Waals surface area contributed by atoms with Crippen LogP contribution in [0.1, 0.15) is 37.3 Å². The second kappa shape index (κ2) is 11.8. The Bertz CT molecular complexity index is 838. The average molecular weight is 522 g/mol. The lowest BCUT2D eigenvalue weighted by molar-refractivity contribution is -0.119. The van der Waals surface area contributed by atoms with Gasteiger partial charge < -0.3 is 21.1 Å². The Balaban J connectivity index is 0.00000320. The highest BCUT2D eigenvalue weighted by molar-refractivity contribution is 14.0. The van der Waals surface area contributed by atoms with Gasteiger partial charge in [0.25, 0.3) is 5.91 Å². The Morgan fingerprint density at radius 3 is 2.53 bits per heavy atom. The molecule has 2 aromatic rings. The first kappa shape index (κ1) is 24.0. The number of nitrogens with one attached hydrogen (secondary N) is 2. The van der Waals surface area contributed by atoms with Crippen molar-refractivity contribution in [3.63, 3.8) is 0 Å². The van der Waals surface area contributed by atoms with E-state index in [1.165, 1.54) is 24.8 Å². The van der Waals surface area contributed by atoms with Gasteiger partial charge in [-0.25, -0.2) is 4.99 Å². The molecule has 1 saturated carbocycles. The summed E-state index contributed by atoms with van der Waals surface area (Å²) in [4.78, 5) is 15.6. The smallest absolute Gasteiger partial charge is 0.255 e. The second-order valence-corrected chi connectivity index (χ2v) is 7.45. The third-order valence-electron chi connectivity index (χ3n) is 5.33. The van der Waals surface area contributed by atoms with Crippen molar-refractivity contribution >= 4 is 35.8 Å². The number of carbonyl (C=O) groups is 1. The molecule has 0 aliphatic heterocycles. The normalized spacial score (nSPS) is 14.8. The SMILES string of the molecule is CCNC(=NCc1cccc(OCC(N)=O)c1)NCC1(c2ccccc2)CCC1.I. The summed E-state index contributed by atoms with van der Waals surface area (Å²) in [6.07, 6.45) is 3.66. The summed E-state index contributed by atoms with van der Waals surface area (Å²) in [6.45, 7) is 4.11. The highest BCUT2D eigenvalue weighted by atomic mass is 127. The fourth-order valence-electron chi connectivity index (χ4n) is 3.62. The molecule has 30 heavy (non-hydrogen) atoms. The predicted octanol–water partition coefficient (Wildman–Crippen LogP) is 3.35. The number of ether oxygens (including phenoxy) is 1. The van der Waals surface area contributed by atoms with Gasteiger partial charge >= 0.3 is 0 Å². The second-order valence-electron chi connectivity index (χ2n) is 7.45. The van der Waals surface area contributed by atoms with Crippen molar-refractivity contribution in [2.75, 3.05) is 19.7 Å². The van der Waals surface area contributed by atoms with Gasteiger partial charge in [0.1, 0.15) is 5.75 Å². The molecule has 0 unspecified atom stereocenters. The largest absolute Gasteiger partial charge is 0.484 e. The summed E-state index contributed by atoms with van der Waals surface area (Å²) in [5.41, 5.74) is 7.73. The van der Waals surface area contributed by atoms with Gasteiger partial charge in [-0.15, -0.1) is 24.0 Å². The highest BCUT2D eigenvalue weighted by Crippen LogP contribution is 2.43. The van der Waals surface area contributed by atoms with E-state index >= 15 is 0 Å². The van der Waals surface area contributed by atoms with Crippen molar-refractivity contribution in [3.8, 4) is 5.75 Å². The van der Waals surface area contributed by atoms with Gasteiger partial charge in [0, 0.05) is 18.5 Å². The van der Waals surface area contributed by atoms with Crippen LogP contribution in [0.3, 0.4) is 0 Å². The molecule has 0 radical (unpaired) electrons. The number of guanidine groups is 1. The summed E-state index contributed by atoms with van der Waals surface area (Å²) in [5.74, 6) is 0.931. The molecule has 1 aliphatic rings. The zero-order valence-corrected chi connectivity index (χ0v) is 19.7. The van der Waals surface area contributed by atoms with Crippen LogP contribution in [0.15, 0.2) is 59.6 Å². The van der Waals surface area contributed by atoms with E-state index in [2.05, 4.69) is 47.9 Å². The molecule has 3 rings (SSSR count). The summed E-state index contributed by atoms with van der Waals surface area (Å²) >= 11 is 0. The van der Waals surface area contributed by atoms with E-state index in [9.17, 15) is 4.79 Å². The number of amides is 1. The van der Waals surface area contributed by atoms with Gasteiger partial charge in [0.15, 0.2) is 12.6 Å². The number of rotatable bonds is 9. The Morgan fingerprint density at radius 2 is 1.90 bits per heavy atom. The number of aliphatic imine (C=N–C) groups is 1. The van der Waals surface area contributed by atoms with Crippen molar-refractivity contribution in [1.82, 2.24) is 10.6 Å². The van der Waals surface area contributed by atoms with Crippen LogP contribution in [0.25, 0.3) is 0 Å². The summed E-state index contributed by atoms with van der Waals surface area (Å²) in [6, 6.07) is 18.3. The van der Waals surface area contributed by atoms with Crippen LogP contribution < -0.4 is 21.1 Å². The Hall–Kier alpha value is -2.29. The van der Waals surface area contributed by atoms with E-state index in [-0.39, 0.29) is 36.0 Å². The maximum atomic E-state index is 10.9. The Morgan fingerprint density at radius 1 is 1.13 bits per heavy atom. The van der Waals surface area contributed by atoms with Crippen LogP contribution in [0.4, 0.5) is 0 Å². The molecule has 0 bridgehead atoms. The lowest BCUT2D eigenvalue weighted by Crippen LogP contribution is -2.48. The van der Waals surface area contributed by atoms with E-state index in [1.54, 1.807) is 6.07 Å². The van der Waals surface area contributed by atoms with Crippen molar-refractivity contribution in [2.45, 2.75) is 38.1 Å². The summed E-state index contributed by atoms with van der Waals surface area (Å²) in [7, 11) is 0. The number of nitrogens with two attached hydrogens (primary N) is 1. The number of primary amides is 1. The number of halogens is 1. The Labute approximate surface area is 195 Å². The number of hydrogen-bond acceptors (Lipinski definition) is 3. The molecule has 0 spiro atoms. The topological polar surface area (TPSA) is 88.7 Å². The Kier molecular flexibility index (Phi) is 9.42. The zero-order valence-electron chi connectivity index (χ0n) is 17.4. The van der Waals surface area contributed by atoms with Crippen molar-refractivity contribution in [1.29, 1.82) is 0 Å². The first-order chi connectivity index (χ1) is 14.1. The van der Waals surface area contributed by atoms with Gasteiger partial charge in [-0.1, -0.05) is 48.9 Å². The minimum absolute atomic E-state index is 0. The van der Waals surface area contributed by atoms with Crippen LogP contribution >= 0.6 is 24.0 Å². The predicted molar refractivity (Wildman–Crippen MR) is 131 cm³/mol. The summed E-state index contributed by atoms with van der Waals surface area (Å²) < 4.78 is 5.37. The molecule has 0 atom stereocenters. The third kappa shape index (κ3) is 6.62. The van der Waals surface area contributed by atoms with E-state index in [4.69, 9.17) is 15.5 Å². The fraction of sp³-hybridized carbons (Fsp3) is 0.391. The van der Waals surface area contributed by atoms with E-state index in [0.717, 1.165) is 24.6 Å². The lowest BCUT2D eigenvalue weighted by atomic mass is 9.64. The molecule has 1 amide bonds. The minimum atomic E-state index is -0.490.